The van der Waals surface area contributed by atoms with E-state index in [1.54, 1.807) is 0 Å². The number of aliphatic hydroxyl groups is 1. The molecule has 3 heteroatoms. The summed E-state index contributed by atoms with van der Waals surface area (Å²) in [7, 11) is 0. The maximum Gasteiger partial charge on any atom is 0.0512 e. The molecule has 0 bridgehead atoms. The van der Waals surface area contributed by atoms with Crippen molar-refractivity contribution < 1.29 is 5.11 Å². The van der Waals surface area contributed by atoms with Gasteiger partial charge in [-0.3, -0.25) is 0 Å². The van der Waals surface area contributed by atoms with Crippen LogP contribution in [0.4, 0.5) is 0 Å². The molecule has 1 rings (SSSR count). The Morgan fingerprint density at radius 2 is 2.18 bits per heavy atom. The number of rotatable bonds is 7. The highest BCUT2D eigenvalue weighted by molar-refractivity contribution is 4.74. The fourth-order valence-electron chi connectivity index (χ4n) is 2.60. The Bertz CT molecular complexity index is 185. The van der Waals surface area contributed by atoms with Crippen molar-refractivity contribution >= 4 is 0 Å². The van der Waals surface area contributed by atoms with Crippen molar-refractivity contribution in [1.29, 1.82) is 0 Å². The van der Waals surface area contributed by atoms with Crippen molar-refractivity contribution in [2.45, 2.75) is 64.5 Å². The molecule has 0 spiro atoms. The van der Waals surface area contributed by atoms with E-state index in [-0.39, 0.29) is 6.10 Å². The molecule has 3 nitrogen and oxygen atoms in total. The van der Waals surface area contributed by atoms with E-state index in [1.165, 1.54) is 45.3 Å². The van der Waals surface area contributed by atoms with Crippen LogP contribution in [0.5, 0.6) is 0 Å². The molecule has 2 N–H and O–H groups in total. The average molecular weight is 242 g/mol. The minimum Gasteiger partial charge on any atom is -0.393 e. The zero-order valence-electron chi connectivity index (χ0n) is 11.6. The van der Waals surface area contributed by atoms with E-state index in [0.29, 0.717) is 6.04 Å². The quantitative estimate of drug-likeness (QED) is 0.670. The molecule has 0 aliphatic carbocycles. The summed E-state index contributed by atoms with van der Waals surface area (Å²) in [5.74, 6) is 0. The van der Waals surface area contributed by atoms with Gasteiger partial charge >= 0.3 is 0 Å². The molecule has 0 aromatic rings. The molecule has 1 fully saturated rings. The van der Waals surface area contributed by atoms with Gasteiger partial charge < -0.3 is 15.3 Å². The van der Waals surface area contributed by atoms with Crippen LogP contribution in [0, 0.1) is 0 Å². The lowest BCUT2D eigenvalue weighted by Crippen LogP contribution is -2.32. The minimum absolute atomic E-state index is 0.147. The molecule has 102 valence electrons. The van der Waals surface area contributed by atoms with Crippen molar-refractivity contribution in [3.63, 3.8) is 0 Å². The molecule has 1 aliphatic heterocycles. The SMILES string of the molecule is CCCN1CCCC(NCCCC(C)O)CC1. The zero-order chi connectivity index (χ0) is 12.5. The number of hydrogen-bond acceptors (Lipinski definition) is 3. The normalized spacial score (nSPS) is 24.5. The molecule has 0 aromatic carbocycles. The van der Waals surface area contributed by atoms with Crippen molar-refractivity contribution in [3.8, 4) is 0 Å². The first-order valence-electron chi connectivity index (χ1n) is 7.36. The maximum absolute atomic E-state index is 9.19. The smallest absolute Gasteiger partial charge is 0.0512 e. The summed E-state index contributed by atoms with van der Waals surface area (Å²) in [6.45, 7) is 8.98. The third-order valence-corrected chi connectivity index (χ3v) is 3.59. The maximum atomic E-state index is 9.19. The van der Waals surface area contributed by atoms with Gasteiger partial charge in [0.1, 0.15) is 0 Å². The lowest BCUT2D eigenvalue weighted by Gasteiger charge is -2.19. The van der Waals surface area contributed by atoms with E-state index in [0.717, 1.165) is 19.4 Å². The van der Waals surface area contributed by atoms with Crippen molar-refractivity contribution in [2.24, 2.45) is 0 Å². The second-order valence-electron chi connectivity index (χ2n) is 5.41. The number of likely N-dealkylation sites (tertiary alicyclic amines) is 1. The van der Waals surface area contributed by atoms with Gasteiger partial charge in [0.15, 0.2) is 0 Å². The molecule has 0 aromatic heterocycles. The van der Waals surface area contributed by atoms with Crippen LogP contribution >= 0.6 is 0 Å². The summed E-state index contributed by atoms with van der Waals surface area (Å²) in [4.78, 5) is 2.59. The van der Waals surface area contributed by atoms with E-state index < -0.39 is 0 Å². The summed E-state index contributed by atoms with van der Waals surface area (Å²) >= 11 is 0. The Morgan fingerprint density at radius 1 is 1.35 bits per heavy atom. The third kappa shape index (κ3) is 7.02. The van der Waals surface area contributed by atoms with Gasteiger partial charge in [-0.25, -0.2) is 0 Å². The first kappa shape index (κ1) is 14.9. The van der Waals surface area contributed by atoms with Crippen LogP contribution in [0.3, 0.4) is 0 Å². The van der Waals surface area contributed by atoms with Gasteiger partial charge in [0.25, 0.3) is 0 Å². The molecule has 2 atom stereocenters. The highest BCUT2D eigenvalue weighted by Crippen LogP contribution is 2.11. The molecule has 1 heterocycles. The van der Waals surface area contributed by atoms with E-state index in [9.17, 15) is 5.11 Å². The summed E-state index contributed by atoms with van der Waals surface area (Å²) in [5.41, 5.74) is 0. The van der Waals surface area contributed by atoms with Gasteiger partial charge in [-0.1, -0.05) is 6.92 Å². The highest BCUT2D eigenvalue weighted by atomic mass is 16.3. The largest absolute Gasteiger partial charge is 0.393 e. The molecule has 0 amide bonds. The van der Waals surface area contributed by atoms with Gasteiger partial charge in [-0.2, -0.15) is 0 Å². The molecular formula is C14H30N2O. The van der Waals surface area contributed by atoms with Crippen LogP contribution in [-0.2, 0) is 0 Å². The average Bonchev–Trinajstić information content (AvgIpc) is 2.51. The standard InChI is InChI=1S/C14H30N2O/c1-3-10-16-11-5-7-14(8-12-16)15-9-4-6-13(2)17/h13-15,17H,3-12H2,1-2H3. The summed E-state index contributed by atoms with van der Waals surface area (Å²) in [5, 5.41) is 12.8. The fourth-order valence-corrected chi connectivity index (χ4v) is 2.60. The number of nitrogens with one attached hydrogen (secondary N) is 1. The van der Waals surface area contributed by atoms with Crippen LogP contribution in [0.1, 0.15) is 52.4 Å². The Balaban J connectivity index is 2.09. The predicted octanol–water partition coefficient (Wildman–Crippen LogP) is 2.00. The van der Waals surface area contributed by atoms with E-state index in [2.05, 4.69) is 17.1 Å². The number of hydrogen-bond donors (Lipinski definition) is 2. The van der Waals surface area contributed by atoms with Crippen molar-refractivity contribution in [2.75, 3.05) is 26.2 Å². The lowest BCUT2D eigenvalue weighted by atomic mass is 10.1. The van der Waals surface area contributed by atoms with Crippen LogP contribution in [0.2, 0.25) is 0 Å². The molecule has 1 saturated heterocycles. The molecule has 0 saturated carbocycles. The fraction of sp³-hybridized carbons (Fsp3) is 1.00. The van der Waals surface area contributed by atoms with Gasteiger partial charge in [-0.15, -0.1) is 0 Å². The van der Waals surface area contributed by atoms with Crippen LogP contribution in [0.15, 0.2) is 0 Å². The monoisotopic (exact) mass is 242 g/mol. The van der Waals surface area contributed by atoms with Crippen LogP contribution in [-0.4, -0.2) is 48.3 Å². The van der Waals surface area contributed by atoms with E-state index in [1.807, 2.05) is 6.92 Å². The molecule has 17 heavy (non-hydrogen) atoms. The second-order valence-corrected chi connectivity index (χ2v) is 5.41. The van der Waals surface area contributed by atoms with Crippen LogP contribution in [0.25, 0.3) is 0 Å². The number of aliphatic hydroxyl groups excluding tert-OH is 1. The first-order valence-corrected chi connectivity index (χ1v) is 7.36. The Hall–Kier alpha value is -0.120. The van der Waals surface area contributed by atoms with Gasteiger partial charge in [0.05, 0.1) is 6.10 Å². The Labute approximate surface area is 107 Å². The Kier molecular flexibility index (Phi) is 7.82. The first-order chi connectivity index (χ1) is 8.22. The summed E-state index contributed by atoms with van der Waals surface area (Å²) in [6, 6.07) is 0.700. The molecule has 2 unspecified atom stereocenters. The number of nitrogens with zero attached hydrogens (tertiary/aromatic N) is 1. The molecular weight excluding hydrogens is 212 g/mol. The van der Waals surface area contributed by atoms with Gasteiger partial charge in [0, 0.05) is 6.04 Å². The lowest BCUT2D eigenvalue weighted by molar-refractivity contribution is 0.180. The van der Waals surface area contributed by atoms with Crippen LogP contribution < -0.4 is 5.32 Å². The summed E-state index contributed by atoms with van der Waals surface area (Å²) in [6.07, 6.45) is 7.06. The van der Waals surface area contributed by atoms with Crippen molar-refractivity contribution in [1.82, 2.24) is 10.2 Å². The minimum atomic E-state index is -0.147. The van der Waals surface area contributed by atoms with Gasteiger partial charge in [0.2, 0.25) is 0 Å². The molecule has 1 aliphatic rings. The Morgan fingerprint density at radius 3 is 2.88 bits per heavy atom. The van der Waals surface area contributed by atoms with Gasteiger partial charge in [-0.05, 0) is 71.6 Å². The second kappa shape index (κ2) is 8.90. The van der Waals surface area contributed by atoms with Crippen molar-refractivity contribution in [3.05, 3.63) is 0 Å². The third-order valence-electron chi connectivity index (χ3n) is 3.59. The molecule has 0 radical (unpaired) electrons. The zero-order valence-corrected chi connectivity index (χ0v) is 11.6. The summed E-state index contributed by atoms with van der Waals surface area (Å²) < 4.78 is 0. The van der Waals surface area contributed by atoms with E-state index >= 15 is 0 Å². The highest BCUT2D eigenvalue weighted by Gasteiger charge is 2.15. The van der Waals surface area contributed by atoms with E-state index in [4.69, 9.17) is 0 Å². The predicted molar refractivity (Wildman–Crippen MR) is 73.3 cm³/mol. The topological polar surface area (TPSA) is 35.5 Å².